The van der Waals surface area contributed by atoms with E-state index in [9.17, 15) is 0 Å². The summed E-state index contributed by atoms with van der Waals surface area (Å²) in [6.07, 6.45) is 1.78. The van der Waals surface area contributed by atoms with E-state index in [1.807, 2.05) is 35.8 Å². The van der Waals surface area contributed by atoms with Crippen LogP contribution in [0.3, 0.4) is 0 Å². The van der Waals surface area contributed by atoms with E-state index < -0.39 is 0 Å². The summed E-state index contributed by atoms with van der Waals surface area (Å²) in [7, 11) is 1.64. The number of aromatic nitrogens is 3. The van der Waals surface area contributed by atoms with E-state index in [0.717, 1.165) is 38.5 Å². The second-order valence-corrected chi connectivity index (χ2v) is 5.74. The van der Waals surface area contributed by atoms with Gasteiger partial charge in [0.25, 0.3) is 0 Å². The highest BCUT2D eigenvalue weighted by atomic mass is 79.9. The van der Waals surface area contributed by atoms with E-state index in [0.29, 0.717) is 5.88 Å². The molecule has 3 aromatic rings. The highest BCUT2D eigenvalue weighted by Gasteiger charge is 2.15. The van der Waals surface area contributed by atoms with Crippen LogP contribution in [0.1, 0.15) is 11.4 Å². The van der Waals surface area contributed by atoms with Crippen LogP contribution in [0.5, 0.6) is 5.75 Å². The fourth-order valence-electron chi connectivity index (χ4n) is 2.29. The first-order chi connectivity index (χ1) is 10.2. The summed E-state index contributed by atoms with van der Waals surface area (Å²) in [6.45, 7) is 2.02. The number of pyridine rings is 1. The number of hydrogen-bond donors (Lipinski definition) is 0. The van der Waals surface area contributed by atoms with Crippen molar-refractivity contribution in [2.24, 2.45) is 0 Å². The van der Waals surface area contributed by atoms with Gasteiger partial charge in [0.1, 0.15) is 17.1 Å². The molecule has 2 heterocycles. The van der Waals surface area contributed by atoms with Crippen molar-refractivity contribution in [2.75, 3.05) is 7.11 Å². The van der Waals surface area contributed by atoms with Gasteiger partial charge in [-0.05, 0) is 46.6 Å². The Hall–Kier alpha value is -1.59. The first kappa shape index (κ1) is 14.4. The maximum atomic E-state index is 6.06. The minimum atomic E-state index is 0.314. The molecule has 0 amide bonds. The molecule has 0 N–H and O–H groups in total. The molecule has 0 atom stereocenters. The van der Waals surface area contributed by atoms with Gasteiger partial charge in [-0.15, -0.1) is 11.6 Å². The number of aryl methyl sites for hydroxylation is 1. The Morgan fingerprint density at radius 3 is 2.86 bits per heavy atom. The zero-order valence-corrected chi connectivity index (χ0v) is 13.9. The van der Waals surface area contributed by atoms with E-state index in [1.165, 1.54) is 0 Å². The van der Waals surface area contributed by atoms with Crippen molar-refractivity contribution in [1.82, 2.24) is 14.5 Å². The van der Waals surface area contributed by atoms with Crippen LogP contribution < -0.4 is 4.74 Å². The number of ether oxygens (including phenoxy) is 1. The minimum Gasteiger partial charge on any atom is -0.495 e. The van der Waals surface area contributed by atoms with Gasteiger partial charge in [0.2, 0.25) is 0 Å². The molecule has 0 bridgehead atoms. The Balaban J connectivity index is 2.31. The largest absolute Gasteiger partial charge is 0.495 e. The molecule has 0 fully saturated rings. The Morgan fingerprint density at radius 1 is 1.33 bits per heavy atom. The van der Waals surface area contributed by atoms with E-state index in [-0.39, 0.29) is 0 Å². The molecule has 0 unspecified atom stereocenters. The lowest BCUT2D eigenvalue weighted by atomic mass is 10.2. The number of rotatable bonds is 3. The van der Waals surface area contributed by atoms with E-state index in [1.54, 1.807) is 13.3 Å². The fraction of sp³-hybridized carbons (Fsp3) is 0.200. The van der Waals surface area contributed by atoms with Crippen LogP contribution in [0.15, 0.2) is 34.9 Å². The standard InChI is InChI=1S/C15H13BrClN3O/c1-9-5-6-18-15-14(9)19-13(8-17)20(15)10-3-4-11(16)12(7-10)21-2/h3-7H,8H2,1-2H3. The van der Waals surface area contributed by atoms with Crippen LogP contribution in [0.25, 0.3) is 16.9 Å². The van der Waals surface area contributed by atoms with Crippen molar-refractivity contribution in [2.45, 2.75) is 12.8 Å². The van der Waals surface area contributed by atoms with E-state index in [4.69, 9.17) is 16.3 Å². The third-order valence-corrected chi connectivity index (χ3v) is 4.22. The van der Waals surface area contributed by atoms with Gasteiger partial charge < -0.3 is 4.74 Å². The second-order valence-electron chi connectivity index (χ2n) is 4.62. The van der Waals surface area contributed by atoms with Gasteiger partial charge in [-0.1, -0.05) is 0 Å². The van der Waals surface area contributed by atoms with Crippen molar-refractivity contribution in [3.05, 3.63) is 46.3 Å². The molecular formula is C15H13BrClN3O. The summed E-state index contributed by atoms with van der Waals surface area (Å²) < 4.78 is 8.22. The molecule has 6 heteroatoms. The Bertz CT molecular complexity index is 816. The molecule has 4 nitrogen and oxygen atoms in total. The summed E-state index contributed by atoms with van der Waals surface area (Å²) in [5.74, 6) is 1.83. The van der Waals surface area contributed by atoms with Gasteiger partial charge in [0.05, 0.1) is 23.1 Å². The average molecular weight is 367 g/mol. The summed E-state index contributed by atoms with van der Waals surface area (Å²) >= 11 is 9.52. The van der Waals surface area contributed by atoms with Crippen molar-refractivity contribution in [3.63, 3.8) is 0 Å². The van der Waals surface area contributed by atoms with Gasteiger partial charge in [-0.25, -0.2) is 9.97 Å². The predicted octanol–water partition coefficient (Wildman–Crippen LogP) is 4.24. The molecule has 1 aromatic carbocycles. The molecule has 21 heavy (non-hydrogen) atoms. The van der Waals surface area contributed by atoms with Crippen molar-refractivity contribution < 1.29 is 4.74 Å². The smallest absolute Gasteiger partial charge is 0.164 e. The number of hydrogen-bond acceptors (Lipinski definition) is 3. The highest BCUT2D eigenvalue weighted by molar-refractivity contribution is 9.10. The molecule has 0 saturated heterocycles. The van der Waals surface area contributed by atoms with Gasteiger partial charge in [0, 0.05) is 12.3 Å². The number of fused-ring (bicyclic) bond motifs is 1. The van der Waals surface area contributed by atoms with Crippen LogP contribution in [-0.2, 0) is 5.88 Å². The molecule has 0 spiro atoms. The number of halogens is 2. The van der Waals surface area contributed by atoms with Crippen LogP contribution in [0, 0.1) is 6.92 Å². The topological polar surface area (TPSA) is 39.9 Å². The maximum absolute atomic E-state index is 6.06. The van der Waals surface area contributed by atoms with Gasteiger partial charge in [0.15, 0.2) is 5.65 Å². The van der Waals surface area contributed by atoms with Crippen LogP contribution in [-0.4, -0.2) is 21.6 Å². The summed E-state index contributed by atoms with van der Waals surface area (Å²) in [4.78, 5) is 9.06. The van der Waals surface area contributed by atoms with E-state index in [2.05, 4.69) is 25.9 Å². The summed E-state index contributed by atoms with van der Waals surface area (Å²) in [5.41, 5.74) is 3.67. The molecule has 108 valence electrons. The first-order valence-corrected chi connectivity index (χ1v) is 7.71. The lowest BCUT2D eigenvalue weighted by Crippen LogP contribution is -2.01. The summed E-state index contributed by atoms with van der Waals surface area (Å²) in [5, 5.41) is 0. The molecule has 0 aliphatic rings. The SMILES string of the molecule is COc1cc(-n2c(CCl)nc3c(C)ccnc32)ccc1Br. The lowest BCUT2D eigenvalue weighted by molar-refractivity contribution is 0.412. The molecule has 0 aliphatic carbocycles. The van der Waals surface area contributed by atoms with Gasteiger partial charge >= 0.3 is 0 Å². The van der Waals surface area contributed by atoms with E-state index >= 15 is 0 Å². The molecule has 0 saturated carbocycles. The summed E-state index contributed by atoms with van der Waals surface area (Å²) in [6, 6.07) is 7.80. The molecule has 0 radical (unpaired) electrons. The fourth-order valence-corrected chi connectivity index (χ4v) is 2.88. The highest BCUT2D eigenvalue weighted by Crippen LogP contribution is 2.30. The van der Waals surface area contributed by atoms with Crippen LogP contribution in [0.4, 0.5) is 0 Å². The zero-order chi connectivity index (χ0) is 15.0. The normalized spacial score (nSPS) is 11.0. The van der Waals surface area contributed by atoms with Crippen LogP contribution >= 0.6 is 27.5 Å². The number of alkyl halides is 1. The van der Waals surface area contributed by atoms with Crippen LogP contribution in [0.2, 0.25) is 0 Å². The molecule has 0 aliphatic heterocycles. The number of benzene rings is 1. The second kappa shape index (κ2) is 5.66. The monoisotopic (exact) mass is 365 g/mol. The molecule has 2 aromatic heterocycles. The van der Waals surface area contributed by atoms with Crippen molar-refractivity contribution in [1.29, 1.82) is 0 Å². The number of imidazole rings is 1. The van der Waals surface area contributed by atoms with Crippen molar-refractivity contribution >= 4 is 38.7 Å². The minimum absolute atomic E-state index is 0.314. The lowest BCUT2D eigenvalue weighted by Gasteiger charge is -2.10. The Labute approximate surface area is 135 Å². The van der Waals surface area contributed by atoms with Gasteiger partial charge in [-0.2, -0.15) is 0 Å². The Morgan fingerprint density at radius 2 is 2.14 bits per heavy atom. The zero-order valence-electron chi connectivity index (χ0n) is 11.6. The maximum Gasteiger partial charge on any atom is 0.164 e. The molecule has 3 rings (SSSR count). The third-order valence-electron chi connectivity index (χ3n) is 3.33. The number of methoxy groups -OCH3 is 1. The quantitative estimate of drug-likeness (QED) is 0.651. The Kier molecular flexibility index (Phi) is 3.87. The average Bonchev–Trinajstić information content (AvgIpc) is 2.88. The predicted molar refractivity (Wildman–Crippen MR) is 87.4 cm³/mol. The number of nitrogens with zero attached hydrogens (tertiary/aromatic N) is 3. The third kappa shape index (κ3) is 2.40. The first-order valence-electron chi connectivity index (χ1n) is 6.38. The van der Waals surface area contributed by atoms with Crippen molar-refractivity contribution in [3.8, 4) is 11.4 Å². The van der Waals surface area contributed by atoms with Gasteiger partial charge in [-0.3, -0.25) is 4.57 Å². The molecular weight excluding hydrogens is 354 g/mol.